The van der Waals surface area contributed by atoms with Gasteiger partial charge >= 0.3 is 0 Å². The first-order chi connectivity index (χ1) is 9.10. The lowest BCUT2D eigenvalue weighted by Crippen LogP contribution is -1.96. The van der Waals surface area contributed by atoms with Crippen molar-refractivity contribution in [2.45, 2.75) is 6.92 Å². The number of oxazole rings is 1. The summed E-state index contributed by atoms with van der Waals surface area (Å²) < 4.78 is 21.8. The van der Waals surface area contributed by atoms with Crippen LogP contribution in [0.15, 0.2) is 21.2 Å². The van der Waals surface area contributed by atoms with Crippen LogP contribution >= 0.6 is 15.9 Å². The normalized spacial score (nSPS) is 10.4. The quantitative estimate of drug-likeness (QED) is 0.861. The van der Waals surface area contributed by atoms with Crippen molar-refractivity contribution >= 4 is 15.9 Å². The predicted molar refractivity (Wildman–Crippen MR) is 74.0 cm³/mol. The molecule has 0 spiro atoms. The molecule has 0 radical (unpaired) electrons. The van der Waals surface area contributed by atoms with Crippen molar-refractivity contribution in [3.05, 3.63) is 22.7 Å². The summed E-state index contributed by atoms with van der Waals surface area (Å²) in [5.41, 5.74) is 1.51. The molecule has 0 aliphatic carbocycles. The topological polar surface area (TPSA) is 53.7 Å². The fraction of sp³-hybridized carbons (Fsp3) is 0.308. The van der Waals surface area contributed by atoms with Gasteiger partial charge in [0, 0.05) is 12.5 Å². The van der Waals surface area contributed by atoms with E-state index >= 15 is 0 Å². The number of ether oxygens (including phenoxy) is 3. The van der Waals surface area contributed by atoms with Crippen LogP contribution in [0.1, 0.15) is 5.89 Å². The van der Waals surface area contributed by atoms with Crippen LogP contribution in [0.2, 0.25) is 0 Å². The van der Waals surface area contributed by atoms with E-state index in [4.69, 9.17) is 18.6 Å². The molecule has 0 atom stereocenters. The van der Waals surface area contributed by atoms with Gasteiger partial charge in [-0.3, -0.25) is 0 Å². The maximum absolute atomic E-state index is 5.37. The maximum Gasteiger partial charge on any atom is 0.203 e. The maximum atomic E-state index is 5.37. The third kappa shape index (κ3) is 2.53. The summed E-state index contributed by atoms with van der Waals surface area (Å²) >= 11 is 3.34. The van der Waals surface area contributed by atoms with Gasteiger partial charge in [-0.05, 0) is 28.1 Å². The highest BCUT2D eigenvalue weighted by Crippen LogP contribution is 2.42. The Labute approximate surface area is 119 Å². The number of aromatic nitrogens is 1. The van der Waals surface area contributed by atoms with Crippen molar-refractivity contribution in [1.82, 2.24) is 4.98 Å². The molecule has 5 nitrogen and oxygen atoms in total. The van der Waals surface area contributed by atoms with Crippen molar-refractivity contribution in [3.63, 3.8) is 0 Å². The molecule has 1 aromatic carbocycles. The first-order valence-corrected chi connectivity index (χ1v) is 6.33. The van der Waals surface area contributed by atoms with Gasteiger partial charge in [0.2, 0.25) is 5.75 Å². The molecule has 0 amide bonds. The van der Waals surface area contributed by atoms with Gasteiger partial charge in [-0.25, -0.2) is 4.98 Å². The second-order valence-electron chi connectivity index (χ2n) is 3.77. The van der Waals surface area contributed by atoms with Crippen LogP contribution in [-0.4, -0.2) is 26.3 Å². The van der Waals surface area contributed by atoms with Crippen molar-refractivity contribution in [2.75, 3.05) is 21.3 Å². The number of rotatable bonds is 4. The van der Waals surface area contributed by atoms with E-state index in [1.807, 2.05) is 12.1 Å². The van der Waals surface area contributed by atoms with Gasteiger partial charge in [-0.2, -0.15) is 0 Å². The van der Waals surface area contributed by atoms with E-state index < -0.39 is 0 Å². The largest absolute Gasteiger partial charge is 0.493 e. The Morgan fingerprint density at radius 1 is 1.05 bits per heavy atom. The number of benzene rings is 1. The Hall–Kier alpha value is -1.69. The van der Waals surface area contributed by atoms with Crippen LogP contribution in [0, 0.1) is 6.92 Å². The summed E-state index contributed by atoms with van der Waals surface area (Å²) in [5.74, 6) is 2.27. The summed E-state index contributed by atoms with van der Waals surface area (Å²) in [7, 11) is 4.71. The van der Waals surface area contributed by atoms with Gasteiger partial charge in [0.1, 0.15) is 5.69 Å². The van der Waals surface area contributed by atoms with Crippen LogP contribution in [0.25, 0.3) is 11.3 Å². The molecule has 0 aliphatic heterocycles. The number of methoxy groups -OCH3 is 3. The molecule has 1 heterocycles. The molecule has 0 aliphatic rings. The van der Waals surface area contributed by atoms with Crippen LogP contribution < -0.4 is 14.2 Å². The second-order valence-corrected chi connectivity index (χ2v) is 4.49. The first-order valence-electron chi connectivity index (χ1n) is 5.54. The van der Waals surface area contributed by atoms with E-state index in [1.54, 1.807) is 28.3 Å². The third-order valence-corrected chi connectivity index (χ3v) is 3.17. The molecule has 102 valence electrons. The van der Waals surface area contributed by atoms with Crippen molar-refractivity contribution < 1.29 is 18.6 Å². The van der Waals surface area contributed by atoms with E-state index in [2.05, 4.69) is 20.9 Å². The molecule has 2 aromatic rings. The fourth-order valence-corrected chi connectivity index (χ4v) is 2.35. The highest BCUT2D eigenvalue weighted by molar-refractivity contribution is 9.10. The zero-order chi connectivity index (χ0) is 14.0. The van der Waals surface area contributed by atoms with E-state index in [9.17, 15) is 0 Å². The summed E-state index contributed by atoms with van der Waals surface area (Å²) in [4.78, 5) is 4.32. The summed E-state index contributed by atoms with van der Waals surface area (Å²) in [6.45, 7) is 1.78. The van der Waals surface area contributed by atoms with Crippen molar-refractivity contribution in [1.29, 1.82) is 0 Å². The minimum absolute atomic E-state index is 0.546. The molecule has 0 saturated heterocycles. The van der Waals surface area contributed by atoms with Crippen LogP contribution in [0.3, 0.4) is 0 Å². The zero-order valence-corrected chi connectivity index (χ0v) is 12.7. The lowest BCUT2D eigenvalue weighted by atomic mass is 10.1. The number of hydrogen-bond donors (Lipinski definition) is 0. The molecule has 0 N–H and O–H groups in total. The Kier molecular flexibility index (Phi) is 3.99. The molecule has 0 bridgehead atoms. The average Bonchev–Trinajstić information content (AvgIpc) is 2.75. The molecule has 2 rings (SSSR count). The molecule has 19 heavy (non-hydrogen) atoms. The summed E-state index contributed by atoms with van der Waals surface area (Å²) in [5, 5.41) is 0. The van der Waals surface area contributed by atoms with Gasteiger partial charge < -0.3 is 18.6 Å². The van der Waals surface area contributed by atoms with Gasteiger partial charge in [0.05, 0.1) is 21.3 Å². The lowest BCUT2D eigenvalue weighted by molar-refractivity contribution is 0.324. The van der Waals surface area contributed by atoms with Gasteiger partial charge in [0.25, 0.3) is 0 Å². The highest BCUT2D eigenvalue weighted by atomic mass is 79.9. The van der Waals surface area contributed by atoms with Gasteiger partial charge in [0.15, 0.2) is 22.1 Å². The molecule has 0 unspecified atom stereocenters. The van der Waals surface area contributed by atoms with E-state index in [0.29, 0.717) is 33.5 Å². The standard InChI is InChI=1S/C13H14BrNO4/c1-7-15-11(13(14)19-7)8-5-9(16-2)12(18-4)10(6-8)17-3/h5-6H,1-4H3. The zero-order valence-electron chi connectivity index (χ0n) is 11.1. The Morgan fingerprint density at radius 3 is 2.00 bits per heavy atom. The Morgan fingerprint density at radius 2 is 1.63 bits per heavy atom. The van der Waals surface area contributed by atoms with E-state index in [1.165, 1.54) is 0 Å². The number of halogens is 1. The minimum Gasteiger partial charge on any atom is -0.493 e. The predicted octanol–water partition coefficient (Wildman–Crippen LogP) is 3.44. The molecule has 1 aromatic heterocycles. The number of hydrogen-bond acceptors (Lipinski definition) is 5. The monoisotopic (exact) mass is 327 g/mol. The smallest absolute Gasteiger partial charge is 0.203 e. The first kappa shape index (κ1) is 13.7. The number of nitrogens with zero attached hydrogens (tertiary/aromatic N) is 1. The van der Waals surface area contributed by atoms with Crippen molar-refractivity contribution in [2.24, 2.45) is 0 Å². The molecular weight excluding hydrogens is 314 g/mol. The lowest BCUT2D eigenvalue weighted by Gasteiger charge is -2.13. The molecular formula is C13H14BrNO4. The van der Waals surface area contributed by atoms with Crippen molar-refractivity contribution in [3.8, 4) is 28.5 Å². The van der Waals surface area contributed by atoms with E-state index in [-0.39, 0.29) is 0 Å². The van der Waals surface area contributed by atoms with Crippen LogP contribution in [-0.2, 0) is 0 Å². The Bertz CT molecular complexity index is 569. The molecule has 0 fully saturated rings. The average molecular weight is 328 g/mol. The van der Waals surface area contributed by atoms with Crippen LogP contribution in [0.4, 0.5) is 0 Å². The SMILES string of the molecule is COc1cc(-c2nc(C)oc2Br)cc(OC)c1OC. The molecule has 0 saturated carbocycles. The second kappa shape index (κ2) is 5.52. The minimum atomic E-state index is 0.546. The van der Waals surface area contributed by atoms with E-state index in [0.717, 1.165) is 5.56 Å². The third-order valence-electron chi connectivity index (χ3n) is 2.63. The van der Waals surface area contributed by atoms with Gasteiger partial charge in [-0.15, -0.1) is 0 Å². The highest BCUT2D eigenvalue weighted by Gasteiger charge is 2.18. The van der Waals surface area contributed by atoms with Crippen LogP contribution in [0.5, 0.6) is 17.2 Å². The summed E-state index contributed by atoms with van der Waals surface area (Å²) in [6, 6.07) is 3.65. The number of aryl methyl sites for hydroxylation is 1. The fourth-order valence-electron chi connectivity index (χ4n) is 1.80. The summed E-state index contributed by atoms with van der Waals surface area (Å²) in [6.07, 6.45) is 0. The van der Waals surface area contributed by atoms with Gasteiger partial charge in [-0.1, -0.05) is 0 Å². The molecule has 6 heteroatoms. The Balaban J connectivity index is 2.62.